The average Bonchev–Trinajstić information content (AvgIpc) is 2.42. The maximum absolute atomic E-state index is 6.19. The van der Waals surface area contributed by atoms with Gasteiger partial charge in [-0.3, -0.25) is 0 Å². The van der Waals surface area contributed by atoms with Crippen molar-refractivity contribution < 1.29 is 9.47 Å². The summed E-state index contributed by atoms with van der Waals surface area (Å²) in [5.41, 5.74) is 1.05. The summed E-state index contributed by atoms with van der Waals surface area (Å²) in [6.07, 6.45) is 3.55. The summed E-state index contributed by atoms with van der Waals surface area (Å²) in [4.78, 5) is 0. The van der Waals surface area contributed by atoms with Crippen LogP contribution in [0.5, 0.6) is 5.75 Å². The lowest BCUT2D eigenvalue weighted by atomic mass is 10.0. The highest BCUT2D eigenvalue weighted by atomic mass is 35.5. The second-order valence-corrected chi connectivity index (χ2v) is 5.25. The number of ether oxygens (including phenoxy) is 2. The summed E-state index contributed by atoms with van der Waals surface area (Å²) in [7, 11) is 0. The molecule has 1 fully saturated rings. The summed E-state index contributed by atoms with van der Waals surface area (Å²) in [5.74, 6) is 0.744. The second-order valence-electron chi connectivity index (χ2n) is 4.84. The van der Waals surface area contributed by atoms with Crippen LogP contribution in [0.15, 0.2) is 18.2 Å². The van der Waals surface area contributed by atoms with Crippen molar-refractivity contribution in [3.63, 3.8) is 0 Å². The summed E-state index contributed by atoms with van der Waals surface area (Å²) >= 11 is 6.19. The molecule has 1 heterocycles. The summed E-state index contributed by atoms with van der Waals surface area (Å²) in [6.45, 7) is 5.59. The quantitative estimate of drug-likeness (QED) is 0.882. The Kier molecular flexibility index (Phi) is 5.34. The first-order chi connectivity index (χ1) is 9.22. The molecule has 2 atom stereocenters. The predicted octanol–water partition coefficient (Wildman–Crippen LogP) is 4.11. The first kappa shape index (κ1) is 14.5. The molecular formula is C15H22ClNO2. The van der Waals surface area contributed by atoms with Gasteiger partial charge in [-0.2, -0.15) is 0 Å². The minimum absolute atomic E-state index is 0.379. The molecule has 4 heteroatoms. The summed E-state index contributed by atoms with van der Waals surface area (Å²) in [5, 5.41) is 4.19. The zero-order valence-corrected chi connectivity index (χ0v) is 12.4. The van der Waals surface area contributed by atoms with E-state index >= 15 is 0 Å². The van der Waals surface area contributed by atoms with E-state index in [0.29, 0.717) is 23.8 Å². The third-order valence-corrected chi connectivity index (χ3v) is 3.72. The number of hydrogen-bond acceptors (Lipinski definition) is 3. The van der Waals surface area contributed by atoms with Gasteiger partial charge in [0.2, 0.25) is 0 Å². The molecule has 1 saturated heterocycles. The van der Waals surface area contributed by atoms with E-state index in [1.165, 1.54) is 0 Å². The lowest BCUT2D eigenvalue weighted by Crippen LogP contribution is -2.33. The molecule has 1 N–H and O–H groups in total. The van der Waals surface area contributed by atoms with Crippen molar-refractivity contribution >= 4 is 17.3 Å². The van der Waals surface area contributed by atoms with Gasteiger partial charge in [0.25, 0.3) is 0 Å². The molecule has 0 spiro atoms. The Hall–Kier alpha value is -0.930. The highest BCUT2D eigenvalue weighted by Crippen LogP contribution is 2.29. The molecule has 2 rings (SSSR count). The van der Waals surface area contributed by atoms with E-state index in [1.807, 2.05) is 25.1 Å². The van der Waals surface area contributed by atoms with Crippen LogP contribution in [0.1, 0.15) is 33.1 Å². The molecule has 0 aromatic heterocycles. The van der Waals surface area contributed by atoms with Crippen LogP contribution in [0.25, 0.3) is 0 Å². The first-order valence-electron chi connectivity index (χ1n) is 7.03. The van der Waals surface area contributed by atoms with Crippen molar-refractivity contribution in [2.75, 3.05) is 18.5 Å². The molecule has 19 heavy (non-hydrogen) atoms. The molecule has 1 aliphatic heterocycles. The highest BCUT2D eigenvalue weighted by Gasteiger charge is 2.21. The Bertz CT molecular complexity index is 411. The molecule has 3 nitrogen and oxygen atoms in total. The third-order valence-electron chi connectivity index (χ3n) is 3.43. The van der Waals surface area contributed by atoms with Crippen LogP contribution < -0.4 is 10.1 Å². The molecule has 1 aromatic carbocycles. The Morgan fingerprint density at radius 3 is 2.95 bits per heavy atom. The van der Waals surface area contributed by atoms with Gasteiger partial charge in [-0.1, -0.05) is 18.5 Å². The van der Waals surface area contributed by atoms with Crippen molar-refractivity contribution in [3.8, 4) is 5.75 Å². The Morgan fingerprint density at radius 2 is 2.26 bits per heavy atom. The molecule has 1 aliphatic rings. The number of hydrogen-bond donors (Lipinski definition) is 1. The van der Waals surface area contributed by atoms with Gasteiger partial charge >= 0.3 is 0 Å². The van der Waals surface area contributed by atoms with Crippen LogP contribution in [0.4, 0.5) is 5.69 Å². The van der Waals surface area contributed by atoms with Crippen molar-refractivity contribution in [1.82, 2.24) is 0 Å². The monoisotopic (exact) mass is 283 g/mol. The van der Waals surface area contributed by atoms with Crippen LogP contribution in [0.3, 0.4) is 0 Å². The van der Waals surface area contributed by atoms with E-state index < -0.39 is 0 Å². The average molecular weight is 284 g/mol. The van der Waals surface area contributed by atoms with E-state index in [4.69, 9.17) is 21.1 Å². The predicted molar refractivity (Wildman–Crippen MR) is 79.3 cm³/mol. The van der Waals surface area contributed by atoms with Gasteiger partial charge < -0.3 is 14.8 Å². The van der Waals surface area contributed by atoms with Crippen LogP contribution in [0, 0.1) is 0 Å². The van der Waals surface area contributed by atoms with E-state index in [9.17, 15) is 0 Å². The van der Waals surface area contributed by atoms with Gasteiger partial charge in [0, 0.05) is 18.3 Å². The van der Waals surface area contributed by atoms with Gasteiger partial charge in [0.15, 0.2) is 0 Å². The normalized spacial score (nSPS) is 23.1. The fourth-order valence-electron chi connectivity index (χ4n) is 2.39. The van der Waals surface area contributed by atoms with Crippen LogP contribution >= 0.6 is 11.6 Å². The first-order valence-corrected chi connectivity index (χ1v) is 7.41. The minimum atomic E-state index is 0.379. The van der Waals surface area contributed by atoms with Gasteiger partial charge in [-0.15, -0.1) is 0 Å². The summed E-state index contributed by atoms with van der Waals surface area (Å²) in [6, 6.07) is 6.34. The van der Waals surface area contributed by atoms with Crippen molar-refractivity contribution in [2.45, 2.75) is 45.3 Å². The maximum Gasteiger partial charge on any atom is 0.138 e. The largest absolute Gasteiger partial charge is 0.492 e. The van der Waals surface area contributed by atoms with Gasteiger partial charge in [0.05, 0.1) is 17.7 Å². The number of anilines is 1. The third kappa shape index (κ3) is 4.02. The molecule has 2 unspecified atom stereocenters. The Morgan fingerprint density at radius 1 is 1.42 bits per heavy atom. The summed E-state index contributed by atoms with van der Waals surface area (Å²) < 4.78 is 11.1. The van der Waals surface area contributed by atoms with Crippen LogP contribution in [-0.2, 0) is 4.74 Å². The fourth-order valence-corrected chi connectivity index (χ4v) is 2.63. The molecular weight excluding hydrogens is 262 g/mol. The smallest absolute Gasteiger partial charge is 0.138 e. The lowest BCUT2D eigenvalue weighted by molar-refractivity contribution is 0.00925. The molecule has 0 radical (unpaired) electrons. The van der Waals surface area contributed by atoms with Crippen molar-refractivity contribution in [3.05, 3.63) is 23.2 Å². The van der Waals surface area contributed by atoms with Crippen molar-refractivity contribution in [1.29, 1.82) is 0 Å². The minimum Gasteiger partial charge on any atom is -0.492 e. The number of benzene rings is 1. The van der Waals surface area contributed by atoms with Crippen molar-refractivity contribution in [2.24, 2.45) is 0 Å². The Balaban J connectivity index is 1.97. The lowest BCUT2D eigenvalue weighted by Gasteiger charge is -2.30. The zero-order chi connectivity index (χ0) is 13.7. The molecule has 0 amide bonds. The second kappa shape index (κ2) is 7.01. The van der Waals surface area contributed by atoms with Crippen LogP contribution in [0.2, 0.25) is 5.02 Å². The molecule has 1 aromatic rings. The van der Waals surface area contributed by atoms with Gasteiger partial charge in [-0.25, -0.2) is 0 Å². The van der Waals surface area contributed by atoms with Gasteiger partial charge in [0.1, 0.15) is 5.75 Å². The standard InChI is InChI=1S/C15H22ClNO2/c1-3-13-9-12(7-8-19-13)17-11-5-6-15(18-4-2)14(16)10-11/h5-6,10,12-13,17H,3-4,7-9H2,1-2H3. The van der Waals surface area contributed by atoms with Gasteiger partial charge in [-0.05, 0) is 44.4 Å². The van der Waals surface area contributed by atoms with E-state index in [0.717, 1.165) is 37.3 Å². The number of rotatable bonds is 5. The fraction of sp³-hybridized carbons (Fsp3) is 0.600. The molecule has 0 bridgehead atoms. The maximum atomic E-state index is 6.19. The molecule has 0 saturated carbocycles. The Labute approximate surface area is 120 Å². The van der Waals surface area contributed by atoms with E-state index in [-0.39, 0.29) is 0 Å². The molecule has 106 valence electrons. The number of halogens is 1. The zero-order valence-electron chi connectivity index (χ0n) is 11.6. The topological polar surface area (TPSA) is 30.5 Å². The number of nitrogens with one attached hydrogen (secondary N) is 1. The van der Waals surface area contributed by atoms with E-state index in [1.54, 1.807) is 0 Å². The molecule has 0 aliphatic carbocycles. The van der Waals surface area contributed by atoms with Crippen LogP contribution in [-0.4, -0.2) is 25.4 Å². The SMILES string of the molecule is CCOc1ccc(NC2CCOC(CC)C2)cc1Cl. The van der Waals surface area contributed by atoms with E-state index in [2.05, 4.69) is 12.2 Å². The highest BCUT2D eigenvalue weighted by molar-refractivity contribution is 6.32.